The minimum atomic E-state index is -1.69. The maximum Gasteiger partial charge on any atom is 0.308 e. The van der Waals surface area contributed by atoms with Crippen molar-refractivity contribution in [2.45, 2.75) is 25.6 Å². The van der Waals surface area contributed by atoms with Gasteiger partial charge in [-0.2, -0.15) is 0 Å². The van der Waals surface area contributed by atoms with Gasteiger partial charge in [-0.1, -0.05) is 0 Å². The summed E-state index contributed by atoms with van der Waals surface area (Å²) in [5.74, 6) is -1.85. The third-order valence-electron chi connectivity index (χ3n) is 2.71. The Labute approximate surface area is 119 Å². The number of nitrogens with zero attached hydrogens (tertiary/aromatic N) is 1. The highest BCUT2D eigenvalue weighted by Gasteiger charge is 2.26. The molecule has 21 heavy (non-hydrogen) atoms. The van der Waals surface area contributed by atoms with Gasteiger partial charge in [-0.05, 0) is 18.6 Å². The Bertz CT molecular complexity index is 551. The third-order valence-corrected chi connectivity index (χ3v) is 2.71. The van der Waals surface area contributed by atoms with Gasteiger partial charge in [0.25, 0.3) is 5.69 Å². The molecule has 0 radical (unpaired) electrons. The van der Waals surface area contributed by atoms with Crippen LogP contribution in [0.4, 0.5) is 15.8 Å². The number of nitrogen functional groups attached to an aromatic ring is 1. The number of esters is 1. The van der Waals surface area contributed by atoms with E-state index in [-0.39, 0.29) is 12.2 Å². The van der Waals surface area contributed by atoms with E-state index >= 15 is 0 Å². The molecular formula is C12H15FN2O6. The monoisotopic (exact) mass is 302 g/mol. The Morgan fingerprint density at radius 3 is 2.67 bits per heavy atom. The van der Waals surface area contributed by atoms with Crippen molar-refractivity contribution < 1.29 is 29.1 Å². The van der Waals surface area contributed by atoms with Gasteiger partial charge in [0, 0.05) is 6.07 Å². The number of halogens is 1. The molecule has 0 fully saturated rings. The number of hydrogen-bond acceptors (Lipinski definition) is 7. The van der Waals surface area contributed by atoms with Crippen LogP contribution in [-0.4, -0.2) is 33.8 Å². The maximum atomic E-state index is 13.5. The molecule has 1 aromatic rings. The van der Waals surface area contributed by atoms with E-state index in [1.54, 1.807) is 6.92 Å². The lowest BCUT2D eigenvalue weighted by Crippen LogP contribution is -2.23. The van der Waals surface area contributed by atoms with Crippen LogP contribution in [0.15, 0.2) is 12.1 Å². The van der Waals surface area contributed by atoms with Crippen LogP contribution in [0.2, 0.25) is 0 Å². The molecule has 0 saturated carbocycles. The molecule has 1 rings (SSSR count). The summed E-state index contributed by atoms with van der Waals surface area (Å²) in [5, 5.41) is 30.2. The number of nitro benzene ring substituents is 1. The molecule has 9 heteroatoms. The smallest absolute Gasteiger partial charge is 0.308 e. The first-order valence-electron chi connectivity index (χ1n) is 6.03. The molecule has 4 N–H and O–H groups in total. The second-order valence-corrected chi connectivity index (χ2v) is 4.21. The van der Waals surface area contributed by atoms with Crippen molar-refractivity contribution >= 4 is 17.3 Å². The third kappa shape index (κ3) is 4.10. The standard InChI is InChI=1S/C12H15FN2O6/c1-2-21-10(17)5-9(16)12(18)6-3-7(13)11(14)8(4-6)15(19)20/h3-4,9,12,16,18H,2,5,14H2,1H3. The van der Waals surface area contributed by atoms with Crippen LogP contribution in [0.25, 0.3) is 0 Å². The molecule has 0 aliphatic carbocycles. The Balaban J connectivity index is 2.99. The van der Waals surface area contributed by atoms with Gasteiger partial charge < -0.3 is 20.7 Å². The lowest BCUT2D eigenvalue weighted by molar-refractivity contribution is -0.384. The SMILES string of the molecule is CCOC(=O)CC(O)C(O)c1cc(F)c(N)c([N+](=O)[O-])c1. The first-order valence-corrected chi connectivity index (χ1v) is 6.03. The lowest BCUT2D eigenvalue weighted by atomic mass is 10.0. The summed E-state index contributed by atoms with van der Waals surface area (Å²) in [4.78, 5) is 21.0. The van der Waals surface area contributed by atoms with Crippen LogP contribution in [0, 0.1) is 15.9 Å². The zero-order chi connectivity index (χ0) is 16.2. The van der Waals surface area contributed by atoms with Gasteiger partial charge in [-0.3, -0.25) is 14.9 Å². The van der Waals surface area contributed by atoms with E-state index in [1.165, 1.54) is 0 Å². The van der Waals surface area contributed by atoms with E-state index in [0.29, 0.717) is 0 Å². The van der Waals surface area contributed by atoms with Crippen molar-refractivity contribution in [1.82, 2.24) is 0 Å². The first kappa shape index (κ1) is 16.8. The minimum absolute atomic E-state index is 0.101. The molecule has 8 nitrogen and oxygen atoms in total. The fraction of sp³-hybridized carbons (Fsp3) is 0.417. The number of carbonyl (C=O) groups excluding carboxylic acids is 1. The number of aliphatic hydroxyl groups excluding tert-OH is 2. The summed E-state index contributed by atoms with van der Waals surface area (Å²) in [6.07, 6.45) is -3.82. The summed E-state index contributed by atoms with van der Waals surface area (Å²) in [5.41, 5.74) is 3.56. The molecule has 0 bridgehead atoms. The van der Waals surface area contributed by atoms with Crippen molar-refractivity contribution in [2.75, 3.05) is 12.3 Å². The summed E-state index contributed by atoms with van der Waals surface area (Å²) in [7, 11) is 0. The fourth-order valence-electron chi connectivity index (χ4n) is 1.67. The van der Waals surface area contributed by atoms with E-state index in [9.17, 15) is 29.5 Å². The summed E-state index contributed by atoms with van der Waals surface area (Å²) < 4.78 is 18.1. The van der Waals surface area contributed by atoms with Crippen molar-refractivity contribution in [3.8, 4) is 0 Å². The van der Waals surface area contributed by atoms with Gasteiger partial charge in [0.2, 0.25) is 0 Å². The van der Waals surface area contributed by atoms with Crippen LogP contribution in [0.3, 0.4) is 0 Å². The average Bonchev–Trinajstić information content (AvgIpc) is 2.40. The summed E-state index contributed by atoms with van der Waals surface area (Å²) in [6.45, 7) is 1.67. The number of ether oxygens (including phenoxy) is 1. The van der Waals surface area contributed by atoms with E-state index in [2.05, 4.69) is 4.74 Å². The first-order chi connectivity index (χ1) is 9.77. The van der Waals surface area contributed by atoms with Gasteiger partial charge in [0.05, 0.1) is 24.1 Å². The summed E-state index contributed by atoms with van der Waals surface area (Å²) >= 11 is 0. The Morgan fingerprint density at radius 2 is 2.14 bits per heavy atom. The zero-order valence-electron chi connectivity index (χ0n) is 11.2. The number of nitrogens with two attached hydrogens (primary N) is 1. The van der Waals surface area contributed by atoms with E-state index < -0.39 is 46.7 Å². The predicted octanol–water partition coefficient (Wildman–Crippen LogP) is 0.664. The van der Waals surface area contributed by atoms with E-state index in [4.69, 9.17) is 5.73 Å². The van der Waals surface area contributed by atoms with Crippen molar-refractivity contribution in [3.63, 3.8) is 0 Å². The van der Waals surface area contributed by atoms with Gasteiger partial charge in [0.1, 0.15) is 11.8 Å². The number of benzene rings is 1. The highest BCUT2D eigenvalue weighted by molar-refractivity contribution is 5.70. The molecule has 0 spiro atoms. The van der Waals surface area contributed by atoms with E-state index in [0.717, 1.165) is 12.1 Å². The number of rotatable bonds is 6. The molecule has 2 unspecified atom stereocenters. The van der Waals surface area contributed by atoms with Crippen LogP contribution in [0.5, 0.6) is 0 Å². The molecule has 1 aromatic carbocycles. The Hall–Kier alpha value is -2.26. The number of aliphatic hydroxyl groups is 2. The van der Waals surface area contributed by atoms with Crippen LogP contribution in [-0.2, 0) is 9.53 Å². The highest BCUT2D eigenvalue weighted by Crippen LogP contribution is 2.30. The topological polar surface area (TPSA) is 136 Å². The number of nitro groups is 1. The Morgan fingerprint density at radius 1 is 1.52 bits per heavy atom. The predicted molar refractivity (Wildman–Crippen MR) is 69.7 cm³/mol. The molecule has 0 aliphatic heterocycles. The molecule has 0 aliphatic rings. The summed E-state index contributed by atoms with van der Waals surface area (Å²) in [6, 6.07) is 1.61. The van der Waals surface area contributed by atoms with Crippen molar-refractivity contribution in [1.29, 1.82) is 0 Å². The molecule has 0 aromatic heterocycles. The number of anilines is 1. The highest BCUT2D eigenvalue weighted by atomic mass is 19.1. The van der Waals surface area contributed by atoms with Crippen molar-refractivity contribution in [3.05, 3.63) is 33.6 Å². The van der Waals surface area contributed by atoms with Crippen LogP contribution >= 0.6 is 0 Å². The minimum Gasteiger partial charge on any atom is -0.466 e. The normalized spacial score (nSPS) is 13.5. The molecule has 2 atom stereocenters. The second-order valence-electron chi connectivity index (χ2n) is 4.21. The molecular weight excluding hydrogens is 287 g/mol. The molecule has 116 valence electrons. The van der Waals surface area contributed by atoms with Gasteiger partial charge in [-0.15, -0.1) is 0 Å². The van der Waals surface area contributed by atoms with Crippen LogP contribution in [0.1, 0.15) is 25.0 Å². The molecule has 0 amide bonds. The van der Waals surface area contributed by atoms with Crippen LogP contribution < -0.4 is 5.73 Å². The average molecular weight is 302 g/mol. The quantitative estimate of drug-likeness (QED) is 0.304. The second kappa shape index (κ2) is 6.95. The molecule has 0 saturated heterocycles. The zero-order valence-corrected chi connectivity index (χ0v) is 11.2. The van der Waals surface area contributed by atoms with E-state index in [1.807, 2.05) is 0 Å². The van der Waals surface area contributed by atoms with Gasteiger partial charge >= 0.3 is 5.97 Å². The Kier molecular flexibility index (Phi) is 5.56. The van der Waals surface area contributed by atoms with Gasteiger partial charge in [-0.25, -0.2) is 4.39 Å². The largest absolute Gasteiger partial charge is 0.466 e. The molecule has 0 heterocycles. The lowest BCUT2D eigenvalue weighted by Gasteiger charge is -2.17. The number of hydrogen-bond donors (Lipinski definition) is 3. The van der Waals surface area contributed by atoms with Gasteiger partial charge in [0.15, 0.2) is 5.82 Å². The maximum absolute atomic E-state index is 13.5. The number of carbonyl (C=O) groups is 1. The fourth-order valence-corrected chi connectivity index (χ4v) is 1.67. The van der Waals surface area contributed by atoms with Crippen molar-refractivity contribution in [2.24, 2.45) is 0 Å².